The van der Waals surface area contributed by atoms with Crippen LogP contribution in [0.4, 0.5) is 22.0 Å². The second kappa shape index (κ2) is 4.04. The van der Waals surface area contributed by atoms with Gasteiger partial charge >= 0.3 is 12.1 Å². The summed E-state index contributed by atoms with van der Waals surface area (Å²) in [5.41, 5.74) is -3.93. The minimum Gasteiger partial charge on any atom is -0.374 e. The third-order valence-corrected chi connectivity index (χ3v) is 3.73. The van der Waals surface area contributed by atoms with E-state index in [1.807, 2.05) is 0 Å². The number of hydrogen-bond acceptors (Lipinski definition) is 1. The number of aliphatic hydroxyl groups is 1. The topological polar surface area (TPSA) is 20.2 Å². The van der Waals surface area contributed by atoms with Crippen LogP contribution in [-0.4, -0.2) is 17.2 Å². The number of rotatable bonds is 1. The Morgan fingerprint density at radius 2 is 1.10 bits per heavy atom. The first kappa shape index (κ1) is 14.0. The van der Waals surface area contributed by atoms with Crippen LogP contribution >= 0.6 is 0 Å². The molecule has 1 aliphatic rings. The first-order valence-corrected chi connectivity index (χ1v) is 6.07. The van der Waals surface area contributed by atoms with Gasteiger partial charge < -0.3 is 5.11 Å². The molecule has 6 heteroatoms. The van der Waals surface area contributed by atoms with Crippen LogP contribution in [0.25, 0.3) is 11.1 Å². The van der Waals surface area contributed by atoms with Gasteiger partial charge in [0.15, 0.2) is 5.60 Å². The molecule has 2 aromatic rings. The lowest BCUT2D eigenvalue weighted by Gasteiger charge is -2.35. The van der Waals surface area contributed by atoms with E-state index in [9.17, 15) is 27.1 Å². The van der Waals surface area contributed by atoms with Crippen molar-refractivity contribution < 1.29 is 27.1 Å². The first-order valence-electron chi connectivity index (χ1n) is 6.07. The molecule has 0 saturated heterocycles. The molecule has 0 unspecified atom stereocenters. The molecule has 0 atom stereocenters. The van der Waals surface area contributed by atoms with Gasteiger partial charge in [-0.2, -0.15) is 22.0 Å². The average molecular weight is 300 g/mol. The summed E-state index contributed by atoms with van der Waals surface area (Å²) in [6.45, 7) is 0. The zero-order chi connectivity index (χ0) is 15.5. The highest BCUT2D eigenvalue weighted by Crippen LogP contribution is 2.58. The molecule has 21 heavy (non-hydrogen) atoms. The van der Waals surface area contributed by atoms with E-state index in [0.717, 1.165) is 12.1 Å². The highest BCUT2D eigenvalue weighted by molar-refractivity contribution is 5.80. The molecule has 0 amide bonds. The molecular formula is C15H9F5O. The molecule has 0 bridgehead atoms. The summed E-state index contributed by atoms with van der Waals surface area (Å²) in [6.07, 6.45) is -5.87. The lowest BCUT2D eigenvalue weighted by atomic mass is 9.84. The molecule has 0 spiro atoms. The molecule has 0 aliphatic heterocycles. The molecule has 2 aromatic carbocycles. The van der Waals surface area contributed by atoms with Crippen molar-refractivity contribution >= 4 is 0 Å². The van der Waals surface area contributed by atoms with Crippen molar-refractivity contribution in [2.75, 3.05) is 0 Å². The first-order chi connectivity index (χ1) is 9.71. The maximum Gasteiger partial charge on any atom is 0.457 e. The third-order valence-electron chi connectivity index (χ3n) is 3.73. The Morgan fingerprint density at radius 3 is 1.48 bits per heavy atom. The van der Waals surface area contributed by atoms with Crippen molar-refractivity contribution in [2.24, 2.45) is 0 Å². The van der Waals surface area contributed by atoms with Crippen molar-refractivity contribution in [3.8, 4) is 11.1 Å². The summed E-state index contributed by atoms with van der Waals surface area (Å²) < 4.78 is 66.4. The predicted molar refractivity (Wildman–Crippen MR) is 65.9 cm³/mol. The summed E-state index contributed by atoms with van der Waals surface area (Å²) in [5, 5.41) is 10.4. The van der Waals surface area contributed by atoms with Crippen LogP contribution in [0.15, 0.2) is 48.5 Å². The molecule has 3 rings (SSSR count). The summed E-state index contributed by atoms with van der Waals surface area (Å²) in [7, 11) is 0. The molecule has 110 valence electrons. The van der Waals surface area contributed by atoms with E-state index in [-0.39, 0.29) is 11.1 Å². The molecule has 0 aromatic heterocycles. The fourth-order valence-corrected chi connectivity index (χ4v) is 2.76. The third kappa shape index (κ3) is 1.59. The lowest BCUT2D eigenvalue weighted by Crippen LogP contribution is -2.54. The van der Waals surface area contributed by atoms with Crippen LogP contribution in [0.3, 0.4) is 0 Å². The van der Waals surface area contributed by atoms with Crippen molar-refractivity contribution in [3.63, 3.8) is 0 Å². The standard InChI is InChI=1S/C15H9F5O/c16-14(17,15(18,19)20)13(21)11-7-3-1-5-9(11)10-6-2-4-8-12(10)13/h1-8,21H. The Labute approximate surface area is 116 Å². The van der Waals surface area contributed by atoms with Gasteiger partial charge in [-0.05, 0) is 11.1 Å². The number of hydrogen-bond donors (Lipinski definition) is 1. The minimum absolute atomic E-state index is 0.180. The zero-order valence-corrected chi connectivity index (χ0v) is 10.5. The van der Waals surface area contributed by atoms with Gasteiger partial charge in [-0.15, -0.1) is 0 Å². The molecule has 0 saturated carbocycles. The van der Waals surface area contributed by atoms with Crippen LogP contribution in [-0.2, 0) is 5.60 Å². The molecule has 0 heterocycles. The van der Waals surface area contributed by atoms with Crippen molar-refractivity contribution in [1.29, 1.82) is 0 Å². The van der Waals surface area contributed by atoms with Gasteiger partial charge in [0.25, 0.3) is 0 Å². The minimum atomic E-state index is -5.87. The van der Waals surface area contributed by atoms with E-state index in [4.69, 9.17) is 0 Å². The van der Waals surface area contributed by atoms with Gasteiger partial charge in [0.1, 0.15) is 0 Å². The molecule has 1 N–H and O–H groups in total. The number of fused-ring (bicyclic) bond motifs is 3. The number of alkyl halides is 5. The maximum atomic E-state index is 14.0. The molecule has 1 aliphatic carbocycles. The molecule has 0 fully saturated rings. The van der Waals surface area contributed by atoms with E-state index in [1.165, 1.54) is 36.4 Å². The lowest BCUT2D eigenvalue weighted by molar-refractivity contribution is -0.335. The highest BCUT2D eigenvalue weighted by atomic mass is 19.4. The van der Waals surface area contributed by atoms with E-state index in [1.54, 1.807) is 0 Å². The van der Waals surface area contributed by atoms with Crippen molar-refractivity contribution in [2.45, 2.75) is 17.7 Å². The smallest absolute Gasteiger partial charge is 0.374 e. The molecule has 1 nitrogen and oxygen atoms in total. The van der Waals surface area contributed by atoms with Gasteiger partial charge in [-0.3, -0.25) is 0 Å². The van der Waals surface area contributed by atoms with Gasteiger partial charge in [-0.25, -0.2) is 0 Å². The van der Waals surface area contributed by atoms with E-state index < -0.39 is 28.8 Å². The van der Waals surface area contributed by atoms with Crippen LogP contribution in [0.2, 0.25) is 0 Å². The van der Waals surface area contributed by atoms with Gasteiger partial charge in [0.05, 0.1) is 0 Å². The van der Waals surface area contributed by atoms with E-state index in [2.05, 4.69) is 0 Å². The van der Waals surface area contributed by atoms with Crippen LogP contribution in [0, 0.1) is 0 Å². The Balaban J connectivity index is 2.38. The summed E-state index contributed by atoms with van der Waals surface area (Å²) in [4.78, 5) is 0. The van der Waals surface area contributed by atoms with E-state index in [0.29, 0.717) is 0 Å². The average Bonchev–Trinajstić information content (AvgIpc) is 2.70. The summed E-state index contributed by atoms with van der Waals surface area (Å²) in [6, 6.07) is 10.7. The highest BCUT2D eigenvalue weighted by Gasteiger charge is 2.73. The Hall–Kier alpha value is -1.95. The van der Waals surface area contributed by atoms with Crippen molar-refractivity contribution in [3.05, 3.63) is 59.7 Å². The zero-order valence-electron chi connectivity index (χ0n) is 10.5. The second-order valence-corrected chi connectivity index (χ2v) is 4.87. The Bertz CT molecular complexity index is 660. The van der Waals surface area contributed by atoms with Crippen molar-refractivity contribution in [1.82, 2.24) is 0 Å². The number of benzene rings is 2. The van der Waals surface area contributed by atoms with E-state index >= 15 is 0 Å². The Kier molecular flexibility index (Phi) is 2.69. The Morgan fingerprint density at radius 1 is 0.714 bits per heavy atom. The van der Waals surface area contributed by atoms with Gasteiger partial charge in [-0.1, -0.05) is 48.5 Å². The normalized spacial score (nSPS) is 16.5. The quantitative estimate of drug-likeness (QED) is 0.786. The monoisotopic (exact) mass is 300 g/mol. The largest absolute Gasteiger partial charge is 0.457 e. The van der Waals surface area contributed by atoms with Crippen LogP contribution in [0.1, 0.15) is 11.1 Å². The molecule has 0 radical (unpaired) electrons. The van der Waals surface area contributed by atoms with Gasteiger partial charge in [0, 0.05) is 11.1 Å². The maximum absolute atomic E-state index is 14.0. The fourth-order valence-electron chi connectivity index (χ4n) is 2.76. The molecular weight excluding hydrogens is 291 g/mol. The second-order valence-electron chi connectivity index (χ2n) is 4.87. The fraction of sp³-hybridized carbons (Fsp3) is 0.200. The summed E-state index contributed by atoms with van der Waals surface area (Å²) >= 11 is 0. The van der Waals surface area contributed by atoms with Crippen LogP contribution in [0.5, 0.6) is 0 Å². The van der Waals surface area contributed by atoms with Gasteiger partial charge in [0.2, 0.25) is 0 Å². The predicted octanol–water partition coefficient (Wildman–Crippen LogP) is 4.10. The number of halogens is 5. The summed E-state index contributed by atoms with van der Waals surface area (Å²) in [5.74, 6) is -5.30. The van der Waals surface area contributed by atoms with Crippen LogP contribution < -0.4 is 0 Å². The SMILES string of the molecule is OC1(C(F)(F)C(F)(F)F)c2ccccc2-c2ccccc21.